The van der Waals surface area contributed by atoms with Gasteiger partial charge in [0, 0.05) is 25.1 Å². The molecule has 1 aromatic carbocycles. The van der Waals surface area contributed by atoms with E-state index in [1.54, 1.807) is 7.11 Å². The maximum atomic E-state index is 5.98. The first kappa shape index (κ1) is 13.2. The Labute approximate surface area is 122 Å². The minimum atomic E-state index is 0.705. The maximum Gasteiger partial charge on any atom is 0.137 e. The molecule has 2 heterocycles. The molecule has 0 fully saturated rings. The van der Waals surface area contributed by atoms with Crippen molar-refractivity contribution >= 4 is 17.2 Å². The van der Waals surface area contributed by atoms with Crippen LogP contribution in [0.4, 0.5) is 0 Å². The molecule has 0 aliphatic rings. The lowest BCUT2D eigenvalue weighted by molar-refractivity contribution is 0.202. The molecule has 0 aliphatic heterocycles. The van der Waals surface area contributed by atoms with Gasteiger partial charge >= 0.3 is 0 Å². The lowest BCUT2D eigenvalue weighted by atomic mass is 10.1. The molecule has 0 saturated carbocycles. The fourth-order valence-electron chi connectivity index (χ4n) is 2.17. The van der Waals surface area contributed by atoms with E-state index in [1.807, 2.05) is 28.9 Å². The first-order chi connectivity index (χ1) is 9.76. The van der Waals surface area contributed by atoms with Gasteiger partial charge in [0.05, 0.1) is 17.3 Å². The molecule has 0 radical (unpaired) electrons. The van der Waals surface area contributed by atoms with Crippen LogP contribution in [0, 0.1) is 0 Å². The molecule has 0 atom stereocenters. The van der Waals surface area contributed by atoms with Gasteiger partial charge in [0.1, 0.15) is 5.65 Å². The van der Waals surface area contributed by atoms with Crippen LogP contribution >= 0.6 is 11.6 Å². The number of pyridine rings is 1. The number of imidazole rings is 1. The van der Waals surface area contributed by atoms with Crippen molar-refractivity contribution in [2.24, 2.45) is 0 Å². The fourth-order valence-corrected chi connectivity index (χ4v) is 2.33. The third-order valence-electron chi connectivity index (χ3n) is 3.26. The molecule has 4 heteroatoms. The van der Waals surface area contributed by atoms with Crippen LogP contribution in [0.25, 0.3) is 16.9 Å². The Balaban J connectivity index is 1.90. The van der Waals surface area contributed by atoms with Crippen LogP contribution in [0.15, 0.2) is 48.8 Å². The number of nitrogens with zero attached hydrogens (tertiary/aromatic N) is 2. The molecular formula is C16H15ClN2O. The Morgan fingerprint density at radius 3 is 2.65 bits per heavy atom. The van der Waals surface area contributed by atoms with Crippen LogP contribution in [0.3, 0.4) is 0 Å². The summed E-state index contributed by atoms with van der Waals surface area (Å²) >= 11 is 5.98. The van der Waals surface area contributed by atoms with E-state index >= 15 is 0 Å². The average Bonchev–Trinajstić information content (AvgIpc) is 2.88. The summed E-state index contributed by atoms with van der Waals surface area (Å²) in [7, 11) is 1.72. The highest BCUT2D eigenvalue weighted by Crippen LogP contribution is 2.21. The largest absolute Gasteiger partial charge is 0.384 e. The number of halogens is 1. The minimum Gasteiger partial charge on any atom is -0.384 e. The first-order valence-electron chi connectivity index (χ1n) is 6.49. The van der Waals surface area contributed by atoms with E-state index in [1.165, 1.54) is 5.56 Å². The summed E-state index contributed by atoms with van der Waals surface area (Å²) in [6.07, 6.45) is 4.78. The molecule has 0 bridgehead atoms. The van der Waals surface area contributed by atoms with Crippen LogP contribution in [0.5, 0.6) is 0 Å². The molecule has 2 aromatic heterocycles. The van der Waals surface area contributed by atoms with Gasteiger partial charge < -0.3 is 9.14 Å². The zero-order valence-corrected chi connectivity index (χ0v) is 12.0. The van der Waals surface area contributed by atoms with Crippen LogP contribution in [0.1, 0.15) is 5.56 Å². The number of fused-ring (bicyclic) bond motifs is 1. The molecule has 3 aromatic rings. The number of aromatic nitrogens is 2. The normalized spacial score (nSPS) is 11.1. The van der Waals surface area contributed by atoms with E-state index in [2.05, 4.69) is 29.2 Å². The number of methoxy groups -OCH3 is 1. The summed E-state index contributed by atoms with van der Waals surface area (Å²) < 4.78 is 7.02. The summed E-state index contributed by atoms with van der Waals surface area (Å²) in [5.74, 6) is 0. The summed E-state index contributed by atoms with van der Waals surface area (Å²) in [6, 6.07) is 12.2. The van der Waals surface area contributed by atoms with E-state index in [9.17, 15) is 0 Å². The lowest BCUT2D eigenvalue weighted by Crippen LogP contribution is -1.93. The quantitative estimate of drug-likeness (QED) is 0.728. The molecular weight excluding hydrogens is 272 g/mol. The third-order valence-corrected chi connectivity index (χ3v) is 3.48. The Morgan fingerprint density at radius 1 is 1.10 bits per heavy atom. The molecule has 0 aliphatic carbocycles. The van der Waals surface area contributed by atoms with Gasteiger partial charge in [-0.3, -0.25) is 0 Å². The van der Waals surface area contributed by atoms with Crippen LogP contribution in [-0.4, -0.2) is 23.1 Å². The number of hydrogen-bond donors (Lipinski definition) is 0. The van der Waals surface area contributed by atoms with Gasteiger partial charge in [-0.05, 0) is 24.1 Å². The highest BCUT2D eigenvalue weighted by atomic mass is 35.5. The molecule has 3 nitrogen and oxygen atoms in total. The first-order valence-corrected chi connectivity index (χ1v) is 6.86. The predicted molar refractivity (Wildman–Crippen MR) is 81.2 cm³/mol. The molecule has 0 spiro atoms. The van der Waals surface area contributed by atoms with Crippen molar-refractivity contribution in [3.8, 4) is 11.3 Å². The zero-order chi connectivity index (χ0) is 13.9. The number of benzene rings is 1. The van der Waals surface area contributed by atoms with Gasteiger partial charge in [-0.2, -0.15) is 0 Å². The van der Waals surface area contributed by atoms with E-state index in [4.69, 9.17) is 16.3 Å². The van der Waals surface area contributed by atoms with Crippen LogP contribution in [-0.2, 0) is 11.2 Å². The molecule has 20 heavy (non-hydrogen) atoms. The Bertz CT molecular complexity index is 719. The summed E-state index contributed by atoms with van der Waals surface area (Å²) in [6.45, 7) is 0.742. The van der Waals surface area contributed by atoms with Gasteiger partial charge in [-0.25, -0.2) is 4.98 Å². The molecule has 0 amide bonds. The van der Waals surface area contributed by atoms with Crippen molar-refractivity contribution in [1.82, 2.24) is 9.38 Å². The molecule has 102 valence electrons. The van der Waals surface area contributed by atoms with Gasteiger partial charge in [-0.15, -0.1) is 0 Å². The second-order valence-electron chi connectivity index (χ2n) is 4.68. The molecule has 0 saturated heterocycles. The SMILES string of the molecule is COCCc1ccc(-c2cn3cc(Cl)ccc3n2)cc1. The average molecular weight is 287 g/mol. The maximum absolute atomic E-state index is 5.98. The lowest BCUT2D eigenvalue weighted by Gasteiger charge is -2.01. The molecule has 0 N–H and O–H groups in total. The van der Waals surface area contributed by atoms with Gasteiger partial charge in [-0.1, -0.05) is 35.9 Å². The third kappa shape index (κ3) is 2.69. The Kier molecular flexibility index (Phi) is 3.72. The van der Waals surface area contributed by atoms with E-state index < -0.39 is 0 Å². The Morgan fingerprint density at radius 2 is 1.90 bits per heavy atom. The second-order valence-corrected chi connectivity index (χ2v) is 5.12. The summed E-state index contributed by atoms with van der Waals surface area (Å²) in [4.78, 5) is 4.60. The zero-order valence-electron chi connectivity index (χ0n) is 11.2. The van der Waals surface area contributed by atoms with E-state index in [0.29, 0.717) is 5.02 Å². The standard InChI is InChI=1S/C16H15ClN2O/c1-20-9-8-12-2-4-13(5-3-12)15-11-19-10-14(17)6-7-16(19)18-15/h2-7,10-11H,8-9H2,1H3. The number of rotatable bonds is 4. The second kappa shape index (κ2) is 5.65. The van der Waals surface area contributed by atoms with Gasteiger partial charge in [0.15, 0.2) is 0 Å². The molecule has 3 rings (SSSR count). The van der Waals surface area contributed by atoms with Gasteiger partial charge in [0.25, 0.3) is 0 Å². The van der Waals surface area contributed by atoms with Crippen molar-refractivity contribution in [1.29, 1.82) is 0 Å². The summed E-state index contributed by atoms with van der Waals surface area (Å²) in [5, 5.41) is 0.705. The highest BCUT2D eigenvalue weighted by molar-refractivity contribution is 6.30. The van der Waals surface area contributed by atoms with Crippen molar-refractivity contribution in [3.05, 3.63) is 59.4 Å². The van der Waals surface area contributed by atoms with Crippen LogP contribution in [0.2, 0.25) is 5.02 Å². The highest BCUT2D eigenvalue weighted by Gasteiger charge is 2.04. The molecule has 0 unspecified atom stereocenters. The van der Waals surface area contributed by atoms with E-state index in [0.717, 1.165) is 29.9 Å². The van der Waals surface area contributed by atoms with Crippen molar-refractivity contribution in [2.45, 2.75) is 6.42 Å². The number of ether oxygens (including phenoxy) is 1. The number of hydrogen-bond acceptors (Lipinski definition) is 2. The van der Waals surface area contributed by atoms with Crippen molar-refractivity contribution < 1.29 is 4.74 Å². The van der Waals surface area contributed by atoms with Crippen LogP contribution < -0.4 is 0 Å². The monoisotopic (exact) mass is 286 g/mol. The van der Waals surface area contributed by atoms with Crippen molar-refractivity contribution in [3.63, 3.8) is 0 Å². The predicted octanol–water partition coefficient (Wildman–Crippen LogP) is 3.84. The van der Waals surface area contributed by atoms with Gasteiger partial charge in [0.2, 0.25) is 0 Å². The smallest absolute Gasteiger partial charge is 0.137 e. The van der Waals surface area contributed by atoms with Crippen molar-refractivity contribution in [2.75, 3.05) is 13.7 Å². The Hall–Kier alpha value is -1.84. The van der Waals surface area contributed by atoms with E-state index in [-0.39, 0.29) is 0 Å². The fraction of sp³-hybridized carbons (Fsp3) is 0.188. The minimum absolute atomic E-state index is 0.705. The summed E-state index contributed by atoms with van der Waals surface area (Å²) in [5.41, 5.74) is 4.21. The topological polar surface area (TPSA) is 26.5 Å².